The first-order valence-electron chi connectivity index (χ1n) is 7.79. The van der Waals surface area contributed by atoms with Gasteiger partial charge in [-0.15, -0.1) is 0 Å². The van der Waals surface area contributed by atoms with E-state index >= 15 is 0 Å². The summed E-state index contributed by atoms with van der Waals surface area (Å²) in [5, 5.41) is 5.52. The van der Waals surface area contributed by atoms with Gasteiger partial charge in [0.05, 0.1) is 13.2 Å². The minimum atomic E-state index is -0.292. The first-order valence-corrected chi connectivity index (χ1v) is 7.79. The van der Waals surface area contributed by atoms with Crippen molar-refractivity contribution in [1.29, 1.82) is 0 Å². The molecule has 1 aliphatic rings. The third-order valence-electron chi connectivity index (χ3n) is 3.69. The second-order valence-electron chi connectivity index (χ2n) is 5.48. The molecule has 0 aliphatic carbocycles. The average Bonchev–Trinajstić information content (AvgIpc) is 3.14. The number of nitrogens with one attached hydrogen (secondary N) is 2. The Morgan fingerprint density at radius 1 is 0.917 bits per heavy atom. The fourth-order valence-electron chi connectivity index (χ4n) is 2.37. The van der Waals surface area contributed by atoms with Crippen molar-refractivity contribution in [2.24, 2.45) is 0 Å². The lowest BCUT2D eigenvalue weighted by Crippen LogP contribution is -2.34. The molecule has 0 atom stereocenters. The van der Waals surface area contributed by atoms with Gasteiger partial charge in [0.1, 0.15) is 5.82 Å². The Kier molecular flexibility index (Phi) is 5.40. The van der Waals surface area contributed by atoms with Crippen LogP contribution < -0.4 is 10.6 Å². The van der Waals surface area contributed by atoms with Crippen LogP contribution in [0.1, 0.15) is 23.0 Å². The lowest BCUT2D eigenvalue weighted by Gasteiger charge is -2.11. The molecule has 3 rings (SSSR count). The molecular formula is C18H19FN2O3. The Balaban J connectivity index is 1.43. The molecule has 0 radical (unpaired) electrons. The summed E-state index contributed by atoms with van der Waals surface area (Å²) in [6, 6.07) is 13.5. The van der Waals surface area contributed by atoms with Crippen molar-refractivity contribution in [2.75, 3.05) is 13.2 Å². The molecule has 2 aromatic carbocycles. The van der Waals surface area contributed by atoms with Gasteiger partial charge < -0.3 is 20.1 Å². The molecule has 126 valence electrons. The zero-order valence-electron chi connectivity index (χ0n) is 13.1. The van der Waals surface area contributed by atoms with E-state index in [4.69, 9.17) is 9.47 Å². The van der Waals surface area contributed by atoms with Gasteiger partial charge in [-0.1, -0.05) is 36.4 Å². The fourth-order valence-corrected chi connectivity index (χ4v) is 2.37. The quantitative estimate of drug-likeness (QED) is 0.886. The molecular weight excluding hydrogens is 311 g/mol. The predicted octanol–water partition coefficient (Wildman–Crippen LogP) is 2.87. The van der Waals surface area contributed by atoms with Crippen LogP contribution in [0.5, 0.6) is 0 Å². The molecule has 0 aromatic heterocycles. The van der Waals surface area contributed by atoms with Gasteiger partial charge in [0.25, 0.3) is 0 Å². The van der Waals surface area contributed by atoms with Crippen LogP contribution in [-0.2, 0) is 22.6 Å². The lowest BCUT2D eigenvalue weighted by atomic mass is 10.1. The van der Waals surface area contributed by atoms with Crippen LogP contribution in [-0.4, -0.2) is 19.2 Å². The summed E-state index contributed by atoms with van der Waals surface area (Å²) in [6.45, 7) is 1.99. The van der Waals surface area contributed by atoms with E-state index in [1.165, 1.54) is 12.1 Å². The van der Waals surface area contributed by atoms with E-state index in [1.807, 2.05) is 24.3 Å². The zero-order valence-corrected chi connectivity index (χ0v) is 13.1. The summed E-state index contributed by atoms with van der Waals surface area (Å²) >= 11 is 0. The highest BCUT2D eigenvalue weighted by atomic mass is 19.1. The maximum absolute atomic E-state index is 12.8. The number of hydrogen-bond donors (Lipinski definition) is 2. The summed E-state index contributed by atoms with van der Waals surface area (Å²) in [5.74, 6) is -0.292. The highest BCUT2D eigenvalue weighted by molar-refractivity contribution is 5.73. The van der Waals surface area contributed by atoms with Crippen molar-refractivity contribution in [3.8, 4) is 0 Å². The van der Waals surface area contributed by atoms with E-state index in [0.29, 0.717) is 26.3 Å². The van der Waals surface area contributed by atoms with Crippen LogP contribution >= 0.6 is 0 Å². The Bertz CT molecular complexity index is 668. The van der Waals surface area contributed by atoms with Crippen molar-refractivity contribution >= 4 is 6.03 Å². The van der Waals surface area contributed by atoms with Gasteiger partial charge in [-0.25, -0.2) is 9.18 Å². The van der Waals surface area contributed by atoms with E-state index < -0.39 is 0 Å². The molecule has 2 N–H and O–H groups in total. The normalized spacial score (nSPS) is 14.5. The van der Waals surface area contributed by atoms with Crippen LogP contribution in [0.2, 0.25) is 0 Å². The molecule has 2 amide bonds. The summed E-state index contributed by atoms with van der Waals surface area (Å²) in [7, 11) is 0. The third kappa shape index (κ3) is 4.53. The minimum Gasteiger partial charge on any atom is -0.346 e. The monoisotopic (exact) mass is 330 g/mol. The molecule has 1 aliphatic heterocycles. The molecule has 2 aromatic rings. The maximum atomic E-state index is 12.8. The van der Waals surface area contributed by atoms with Gasteiger partial charge >= 0.3 is 6.03 Å². The van der Waals surface area contributed by atoms with Gasteiger partial charge in [0.15, 0.2) is 6.29 Å². The number of carbonyl (C=O) groups excluding carboxylic acids is 1. The summed E-state index contributed by atoms with van der Waals surface area (Å²) in [4.78, 5) is 11.8. The Labute approximate surface area is 139 Å². The molecule has 0 saturated carbocycles. The van der Waals surface area contributed by atoms with Crippen molar-refractivity contribution in [1.82, 2.24) is 10.6 Å². The number of halogens is 1. The molecule has 1 fully saturated rings. The van der Waals surface area contributed by atoms with Crippen LogP contribution in [0, 0.1) is 5.82 Å². The molecule has 1 heterocycles. The molecule has 6 heteroatoms. The van der Waals surface area contributed by atoms with Crippen molar-refractivity contribution in [3.05, 3.63) is 71.0 Å². The SMILES string of the molecule is O=C(NCc1ccc(F)cc1)NCc1ccc(C2OCCO2)cc1. The smallest absolute Gasteiger partial charge is 0.315 e. The third-order valence-corrected chi connectivity index (χ3v) is 3.69. The van der Waals surface area contributed by atoms with E-state index in [9.17, 15) is 9.18 Å². The number of carbonyl (C=O) groups is 1. The first-order chi connectivity index (χ1) is 11.7. The summed E-state index contributed by atoms with van der Waals surface area (Å²) in [6.07, 6.45) is -0.286. The highest BCUT2D eigenvalue weighted by Gasteiger charge is 2.17. The van der Waals surface area contributed by atoms with Crippen LogP contribution in [0.3, 0.4) is 0 Å². The zero-order chi connectivity index (χ0) is 16.8. The van der Waals surface area contributed by atoms with Crippen molar-refractivity contribution in [3.63, 3.8) is 0 Å². The molecule has 1 saturated heterocycles. The number of rotatable bonds is 5. The topological polar surface area (TPSA) is 59.6 Å². The number of benzene rings is 2. The summed E-state index contributed by atoms with van der Waals surface area (Å²) < 4.78 is 23.7. The molecule has 0 unspecified atom stereocenters. The Morgan fingerprint density at radius 2 is 1.42 bits per heavy atom. The molecule has 5 nitrogen and oxygen atoms in total. The number of urea groups is 1. The number of amides is 2. The van der Waals surface area contributed by atoms with Crippen molar-refractivity contribution < 1.29 is 18.7 Å². The fraction of sp³-hybridized carbons (Fsp3) is 0.278. The number of hydrogen-bond acceptors (Lipinski definition) is 3. The Hall–Kier alpha value is -2.44. The Morgan fingerprint density at radius 3 is 1.96 bits per heavy atom. The van der Waals surface area contributed by atoms with Gasteiger partial charge in [0.2, 0.25) is 0 Å². The second kappa shape index (κ2) is 7.90. The minimum absolute atomic E-state index is 0.272. The molecule has 24 heavy (non-hydrogen) atoms. The van der Waals surface area contributed by atoms with Gasteiger partial charge in [-0.2, -0.15) is 0 Å². The largest absolute Gasteiger partial charge is 0.346 e. The molecule has 0 spiro atoms. The van der Waals surface area contributed by atoms with Gasteiger partial charge in [-0.05, 0) is 23.3 Å². The highest BCUT2D eigenvalue weighted by Crippen LogP contribution is 2.23. The van der Waals surface area contributed by atoms with Crippen LogP contribution in [0.4, 0.5) is 9.18 Å². The van der Waals surface area contributed by atoms with Crippen LogP contribution in [0.25, 0.3) is 0 Å². The predicted molar refractivity (Wildman–Crippen MR) is 86.6 cm³/mol. The second-order valence-corrected chi connectivity index (χ2v) is 5.48. The van der Waals surface area contributed by atoms with E-state index in [0.717, 1.165) is 16.7 Å². The molecule has 0 bridgehead atoms. The standard InChI is InChI=1S/C18H19FN2O3/c19-16-7-3-14(4-8-16)12-21-18(22)20-11-13-1-5-15(6-2-13)17-23-9-10-24-17/h1-8,17H,9-12H2,(H2,20,21,22). The van der Waals surface area contributed by atoms with Gasteiger partial charge in [0, 0.05) is 18.7 Å². The number of ether oxygens (including phenoxy) is 2. The average molecular weight is 330 g/mol. The van der Waals surface area contributed by atoms with E-state index in [2.05, 4.69) is 10.6 Å². The summed E-state index contributed by atoms with van der Waals surface area (Å²) in [5.41, 5.74) is 2.79. The van der Waals surface area contributed by atoms with Crippen molar-refractivity contribution in [2.45, 2.75) is 19.4 Å². The van der Waals surface area contributed by atoms with E-state index in [-0.39, 0.29) is 18.1 Å². The lowest BCUT2D eigenvalue weighted by molar-refractivity contribution is -0.0441. The van der Waals surface area contributed by atoms with Gasteiger partial charge in [-0.3, -0.25) is 0 Å². The first kappa shape index (κ1) is 16.4. The van der Waals surface area contributed by atoms with Crippen LogP contribution in [0.15, 0.2) is 48.5 Å². The maximum Gasteiger partial charge on any atom is 0.315 e. The van der Waals surface area contributed by atoms with E-state index in [1.54, 1.807) is 12.1 Å².